The van der Waals surface area contributed by atoms with E-state index in [1.807, 2.05) is 34.6 Å². The number of carbonyl (C=O) groups excluding carboxylic acids is 1. The summed E-state index contributed by atoms with van der Waals surface area (Å²) in [6.45, 7) is 10.3. The van der Waals surface area contributed by atoms with Gasteiger partial charge in [0.05, 0.1) is 5.60 Å². The first-order valence-corrected chi connectivity index (χ1v) is 6.59. The summed E-state index contributed by atoms with van der Waals surface area (Å²) in [5.41, 5.74) is -0.469. The third-order valence-corrected chi connectivity index (χ3v) is 2.52. The number of carboxylic acids is 1. The van der Waals surface area contributed by atoms with Gasteiger partial charge in [-0.1, -0.05) is 13.8 Å². The van der Waals surface area contributed by atoms with Gasteiger partial charge in [0, 0.05) is 13.2 Å². The van der Waals surface area contributed by atoms with Crippen molar-refractivity contribution in [3.8, 4) is 0 Å². The summed E-state index contributed by atoms with van der Waals surface area (Å²) < 4.78 is 5.44. The number of ether oxygens (including phenoxy) is 1. The fourth-order valence-electron chi connectivity index (χ4n) is 1.64. The van der Waals surface area contributed by atoms with Crippen molar-refractivity contribution in [2.24, 2.45) is 5.92 Å². The van der Waals surface area contributed by atoms with Crippen LogP contribution in [0, 0.1) is 5.92 Å². The Hall–Kier alpha value is -1.30. The summed E-state index contributed by atoms with van der Waals surface area (Å²) in [5.74, 6) is -0.825. The topological polar surface area (TPSA) is 87.7 Å². The molecule has 0 aliphatic heterocycles. The molecule has 0 rings (SSSR count). The van der Waals surface area contributed by atoms with Crippen molar-refractivity contribution in [1.82, 2.24) is 10.6 Å². The number of aliphatic carboxylic acids is 1. The molecule has 0 aliphatic rings. The average molecular weight is 274 g/mol. The summed E-state index contributed by atoms with van der Waals surface area (Å²) in [5, 5.41) is 14.1. The van der Waals surface area contributed by atoms with Crippen LogP contribution in [-0.4, -0.2) is 41.9 Å². The maximum atomic E-state index is 11.6. The second-order valence-corrected chi connectivity index (χ2v) is 5.54. The minimum Gasteiger partial charge on any atom is -0.480 e. The van der Waals surface area contributed by atoms with Gasteiger partial charge in [0.2, 0.25) is 0 Å². The molecule has 0 bridgehead atoms. The molecule has 0 saturated heterocycles. The van der Waals surface area contributed by atoms with E-state index in [4.69, 9.17) is 9.84 Å². The molecule has 6 heteroatoms. The minimum absolute atomic E-state index is 0.196. The van der Waals surface area contributed by atoms with Gasteiger partial charge in [0.25, 0.3) is 0 Å². The van der Waals surface area contributed by atoms with Crippen LogP contribution in [0.25, 0.3) is 0 Å². The highest BCUT2D eigenvalue weighted by Crippen LogP contribution is 2.07. The molecule has 1 unspecified atom stereocenters. The van der Waals surface area contributed by atoms with E-state index in [1.54, 1.807) is 0 Å². The lowest BCUT2D eigenvalue weighted by molar-refractivity contribution is -0.139. The van der Waals surface area contributed by atoms with Crippen LogP contribution in [0.3, 0.4) is 0 Å². The fourth-order valence-corrected chi connectivity index (χ4v) is 1.64. The number of nitrogens with one attached hydrogen (secondary N) is 2. The number of amides is 2. The van der Waals surface area contributed by atoms with Crippen molar-refractivity contribution < 1.29 is 19.4 Å². The van der Waals surface area contributed by atoms with Gasteiger partial charge in [-0.3, -0.25) is 0 Å². The number of hydrogen-bond acceptors (Lipinski definition) is 3. The number of rotatable bonds is 8. The van der Waals surface area contributed by atoms with Crippen molar-refractivity contribution >= 4 is 12.0 Å². The SMILES string of the molecule is CCOC(C)(C)CNC(=O)NC(CC(C)C)C(=O)O. The van der Waals surface area contributed by atoms with E-state index in [2.05, 4.69) is 10.6 Å². The van der Waals surface area contributed by atoms with Crippen molar-refractivity contribution in [3.05, 3.63) is 0 Å². The standard InChI is InChI=1S/C13H26N2O4/c1-6-19-13(4,5)8-14-12(18)15-10(11(16)17)7-9(2)3/h9-10H,6-8H2,1-5H3,(H,16,17)(H2,14,15,18). The molecule has 0 fully saturated rings. The second-order valence-electron chi connectivity index (χ2n) is 5.54. The number of carboxylic acid groups (broad SMARTS) is 1. The van der Waals surface area contributed by atoms with Gasteiger partial charge in [-0.2, -0.15) is 0 Å². The van der Waals surface area contributed by atoms with Gasteiger partial charge in [0.15, 0.2) is 0 Å². The Bertz CT molecular complexity index is 303. The molecule has 3 N–H and O–H groups in total. The highest BCUT2D eigenvalue weighted by molar-refractivity contribution is 5.82. The second kappa shape index (κ2) is 7.99. The number of hydrogen-bond donors (Lipinski definition) is 3. The van der Waals surface area contributed by atoms with E-state index in [9.17, 15) is 9.59 Å². The number of urea groups is 1. The Morgan fingerprint density at radius 2 is 1.89 bits per heavy atom. The Balaban J connectivity index is 4.24. The molecule has 0 aromatic heterocycles. The van der Waals surface area contributed by atoms with E-state index in [1.165, 1.54) is 0 Å². The van der Waals surface area contributed by atoms with E-state index in [0.29, 0.717) is 19.6 Å². The predicted octanol–water partition coefficient (Wildman–Crippen LogP) is 1.60. The largest absolute Gasteiger partial charge is 0.480 e. The zero-order valence-electron chi connectivity index (χ0n) is 12.4. The zero-order chi connectivity index (χ0) is 15.1. The van der Waals surface area contributed by atoms with Gasteiger partial charge in [-0.15, -0.1) is 0 Å². The maximum absolute atomic E-state index is 11.6. The number of carbonyl (C=O) groups is 2. The molecule has 0 aliphatic carbocycles. The lowest BCUT2D eigenvalue weighted by Crippen LogP contribution is -2.50. The normalized spacial score (nSPS) is 13.2. The lowest BCUT2D eigenvalue weighted by Gasteiger charge is -2.25. The highest BCUT2D eigenvalue weighted by atomic mass is 16.5. The van der Waals surface area contributed by atoms with Crippen LogP contribution < -0.4 is 10.6 Å². The van der Waals surface area contributed by atoms with E-state index in [0.717, 1.165) is 0 Å². The zero-order valence-corrected chi connectivity index (χ0v) is 12.4. The first kappa shape index (κ1) is 17.7. The van der Waals surface area contributed by atoms with Crippen LogP contribution >= 0.6 is 0 Å². The summed E-state index contributed by atoms with van der Waals surface area (Å²) in [6.07, 6.45) is 0.400. The monoisotopic (exact) mass is 274 g/mol. The Morgan fingerprint density at radius 3 is 2.32 bits per heavy atom. The van der Waals surface area contributed by atoms with Gasteiger partial charge in [-0.05, 0) is 33.1 Å². The Labute approximate surface area is 114 Å². The van der Waals surface area contributed by atoms with Crippen LogP contribution in [0.15, 0.2) is 0 Å². The quantitative estimate of drug-likeness (QED) is 0.627. The van der Waals surface area contributed by atoms with Gasteiger partial charge in [-0.25, -0.2) is 9.59 Å². The van der Waals surface area contributed by atoms with Crippen molar-refractivity contribution in [3.63, 3.8) is 0 Å². The first-order valence-electron chi connectivity index (χ1n) is 6.59. The molecule has 0 radical (unpaired) electrons. The lowest BCUT2D eigenvalue weighted by atomic mass is 10.0. The molecule has 0 spiro atoms. The summed E-state index contributed by atoms with van der Waals surface area (Å²) >= 11 is 0. The average Bonchev–Trinajstić information content (AvgIpc) is 2.25. The van der Waals surface area contributed by atoms with Crippen LogP contribution in [0.2, 0.25) is 0 Å². The molecular weight excluding hydrogens is 248 g/mol. The van der Waals surface area contributed by atoms with E-state index in [-0.39, 0.29) is 5.92 Å². The Kier molecular flexibility index (Phi) is 7.44. The van der Waals surface area contributed by atoms with Crippen molar-refractivity contribution in [1.29, 1.82) is 0 Å². The molecule has 0 saturated carbocycles. The molecule has 0 heterocycles. The summed E-state index contributed by atoms with van der Waals surface area (Å²) in [4.78, 5) is 22.7. The predicted molar refractivity (Wildman–Crippen MR) is 73.1 cm³/mol. The molecule has 19 heavy (non-hydrogen) atoms. The first-order chi connectivity index (χ1) is 8.68. The molecule has 0 aromatic rings. The molecule has 6 nitrogen and oxygen atoms in total. The van der Waals surface area contributed by atoms with Crippen LogP contribution in [0.4, 0.5) is 4.79 Å². The van der Waals surface area contributed by atoms with Crippen LogP contribution in [0.5, 0.6) is 0 Å². The molecule has 2 amide bonds. The third-order valence-electron chi connectivity index (χ3n) is 2.52. The fraction of sp³-hybridized carbons (Fsp3) is 0.846. The smallest absolute Gasteiger partial charge is 0.326 e. The van der Waals surface area contributed by atoms with Crippen LogP contribution in [0.1, 0.15) is 41.0 Å². The Morgan fingerprint density at radius 1 is 1.32 bits per heavy atom. The van der Waals surface area contributed by atoms with Gasteiger partial charge in [0.1, 0.15) is 6.04 Å². The molecular formula is C13H26N2O4. The molecule has 0 aromatic carbocycles. The summed E-state index contributed by atoms with van der Waals surface area (Å²) in [6, 6.07) is -1.35. The van der Waals surface area contributed by atoms with Crippen molar-refractivity contribution in [2.75, 3.05) is 13.2 Å². The highest BCUT2D eigenvalue weighted by Gasteiger charge is 2.23. The minimum atomic E-state index is -1.02. The molecule has 112 valence electrons. The molecule has 1 atom stereocenters. The van der Waals surface area contributed by atoms with E-state index < -0.39 is 23.6 Å². The third kappa shape index (κ3) is 8.42. The maximum Gasteiger partial charge on any atom is 0.326 e. The summed E-state index contributed by atoms with van der Waals surface area (Å²) in [7, 11) is 0. The van der Waals surface area contributed by atoms with Gasteiger partial charge >= 0.3 is 12.0 Å². The van der Waals surface area contributed by atoms with Crippen molar-refractivity contribution in [2.45, 2.75) is 52.7 Å². The van der Waals surface area contributed by atoms with Crippen LogP contribution in [-0.2, 0) is 9.53 Å². The van der Waals surface area contributed by atoms with E-state index >= 15 is 0 Å². The van der Waals surface area contributed by atoms with Gasteiger partial charge < -0.3 is 20.5 Å².